The third-order valence-corrected chi connectivity index (χ3v) is 2.54. The summed E-state index contributed by atoms with van der Waals surface area (Å²) >= 11 is 2.97. The molecule has 0 amide bonds. The highest BCUT2D eigenvalue weighted by Crippen LogP contribution is 2.29. The van der Waals surface area contributed by atoms with E-state index in [0.29, 0.717) is 12.0 Å². The fraction of sp³-hybridized carbons (Fsp3) is 0.400. The van der Waals surface area contributed by atoms with Gasteiger partial charge >= 0.3 is 0 Å². The van der Waals surface area contributed by atoms with Crippen molar-refractivity contribution in [2.45, 2.75) is 25.8 Å². The predicted octanol–water partition coefficient (Wildman–Crippen LogP) is 2.57. The SMILES string of the molecule is CC(C)(N)Cc1ccc(O)c(Br)c1F. The van der Waals surface area contributed by atoms with Crippen LogP contribution < -0.4 is 5.73 Å². The van der Waals surface area contributed by atoms with Crippen LogP contribution in [-0.2, 0) is 6.42 Å². The second-order valence-corrected chi connectivity index (χ2v) is 4.83. The van der Waals surface area contributed by atoms with Gasteiger partial charge in [-0.3, -0.25) is 0 Å². The van der Waals surface area contributed by atoms with Gasteiger partial charge in [0.1, 0.15) is 11.6 Å². The largest absolute Gasteiger partial charge is 0.507 e. The van der Waals surface area contributed by atoms with Crippen LogP contribution in [-0.4, -0.2) is 10.6 Å². The van der Waals surface area contributed by atoms with Crippen LogP contribution in [0.2, 0.25) is 0 Å². The summed E-state index contributed by atoms with van der Waals surface area (Å²) in [5.41, 5.74) is 5.82. The van der Waals surface area contributed by atoms with Gasteiger partial charge in [-0.1, -0.05) is 6.07 Å². The summed E-state index contributed by atoms with van der Waals surface area (Å²) in [6.45, 7) is 3.65. The van der Waals surface area contributed by atoms with Gasteiger partial charge in [-0.2, -0.15) is 0 Å². The Morgan fingerprint density at radius 1 is 1.50 bits per heavy atom. The average Bonchev–Trinajstić information content (AvgIpc) is 2.04. The molecule has 2 nitrogen and oxygen atoms in total. The Balaban J connectivity index is 3.06. The Bertz CT molecular complexity index is 347. The average molecular weight is 262 g/mol. The summed E-state index contributed by atoms with van der Waals surface area (Å²) in [5, 5.41) is 9.20. The van der Waals surface area contributed by atoms with Gasteiger partial charge in [-0.25, -0.2) is 4.39 Å². The van der Waals surface area contributed by atoms with Gasteiger partial charge in [0.2, 0.25) is 0 Å². The molecule has 0 aliphatic rings. The first-order chi connectivity index (χ1) is 6.31. The number of rotatable bonds is 2. The zero-order valence-corrected chi connectivity index (χ0v) is 9.73. The van der Waals surface area contributed by atoms with E-state index in [0.717, 1.165) is 0 Å². The van der Waals surface area contributed by atoms with E-state index < -0.39 is 11.4 Å². The van der Waals surface area contributed by atoms with E-state index in [-0.39, 0.29) is 10.2 Å². The lowest BCUT2D eigenvalue weighted by Crippen LogP contribution is -2.34. The van der Waals surface area contributed by atoms with E-state index in [2.05, 4.69) is 15.9 Å². The minimum absolute atomic E-state index is 0.0962. The first kappa shape index (κ1) is 11.5. The van der Waals surface area contributed by atoms with Crippen molar-refractivity contribution in [3.05, 3.63) is 28.0 Å². The first-order valence-electron chi connectivity index (χ1n) is 4.26. The molecule has 0 atom stereocenters. The number of benzene rings is 1. The van der Waals surface area contributed by atoms with Crippen LogP contribution in [0, 0.1) is 5.82 Å². The van der Waals surface area contributed by atoms with Gasteiger partial charge in [-0.15, -0.1) is 0 Å². The zero-order valence-electron chi connectivity index (χ0n) is 8.14. The lowest BCUT2D eigenvalue weighted by molar-refractivity contribution is 0.456. The van der Waals surface area contributed by atoms with Crippen molar-refractivity contribution in [2.75, 3.05) is 0 Å². The molecule has 0 fully saturated rings. The number of phenolic OH excluding ortho intramolecular Hbond substituents is 1. The molecule has 0 aliphatic carbocycles. The Hall–Kier alpha value is -0.610. The van der Waals surface area contributed by atoms with Crippen molar-refractivity contribution < 1.29 is 9.50 Å². The molecule has 4 heteroatoms. The van der Waals surface area contributed by atoms with Crippen LogP contribution in [0.3, 0.4) is 0 Å². The molecular weight excluding hydrogens is 249 g/mol. The van der Waals surface area contributed by atoms with Gasteiger partial charge in [0.05, 0.1) is 4.47 Å². The second-order valence-electron chi connectivity index (χ2n) is 4.04. The van der Waals surface area contributed by atoms with E-state index in [4.69, 9.17) is 5.73 Å². The van der Waals surface area contributed by atoms with Gasteiger partial charge in [-0.05, 0) is 47.8 Å². The number of halogens is 2. The monoisotopic (exact) mass is 261 g/mol. The van der Waals surface area contributed by atoms with E-state index in [1.165, 1.54) is 6.07 Å². The van der Waals surface area contributed by atoms with Crippen molar-refractivity contribution >= 4 is 15.9 Å². The molecule has 0 bridgehead atoms. The Kier molecular flexibility index (Phi) is 3.17. The summed E-state index contributed by atoms with van der Waals surface area (Å²) in [7, 11) is 0. The minimum atomic E-state index is -0.461. The summed E-state index contributed by atoms with van der Waals surface area (Å²) in [6, 6.07) is 3.00. The molecule has 14 heavy (non-hydrogen) atoms. The van der Waals surface area contributed by atoms with Crippen molar-refractivity contribution in [3.8, 4) is 5.75 Å². The molecule has 1 aromatic carbocycles. The molecule has 1 rings (SSSR count). The maximum Gasteiger partial charge on any atom is 0.144 e. The zero-order chi connectivity index (χ0) is 10.9. The second kappa shape index (κ2) is 3.87. The number of phenols is 1. The van der Waals surface area contributed by atoms with E-state index in [9.17, 15) is 9.50 Å². The normalized spacial score (nSPS) is 11.8. The van der Waals surface area contributed by atoms with Crippen LogP contribution in [0.1, 0.15) is 19.4 Å². The smallest absolute Gasteiger partial charge is 0.144 e. The van der Waals surface area contributed by atoms with Crippen molar-refractivity contribution in [1.82, 2.24) is 0 Å². The molecule has 0 unspecified atom stereocenters. The van der Waals surface area contributed by atoms with Crippen molar-refractivity contribution in [1.29, 1.82) is 0 Å². The summed E-state index contributed by atoms with van der Waals surface area (Å²) < 4.78 is 13.6. The fourth-order valence-corrected chi connectivity index (χ4v) is 1.59. The van der Waals surface area contributed by atoms with Crippen LogP contribution >= 0.6 is 15.9 Å². The quantitative estimate of drug-likeness (QED) is 0.860. The summed E-state index contributed by atoms with van der Waals surface area (Å²) in [5.74, 6) is -0.537. The first-order valence-corrected chi connectivity index (χ1v) is 5.05. The van der Waals surface area contributed by atoms with Gasteiger partial charge in [0.25, 0.3) is 0 Å². The Morgan fingerprint density at radius 2 is 2.07 bits per heavy atom. The molecule has 0 saturated carbocycles. The Morgan fingerprint density at radius 3 is 2.57 bits per heavy atom. The van der Waals surface area contributed by atoms with E-state index >= 15 is 0 Å². The highest BCUT2D eigenvalue weighted by atomic mass is 79.9. The van der Waals surface area contributed by atoms with Crippen molar-refractivity contribution in [3.63, 3.8) is 0 Å². The van der Waals surface area contributed by atoms with Crippen molar-refractivity contribution in [2.24, 2.45) is 5.73 Å². The van der Waals surface area contributed by atoms with Crippen LogP contribution in [0.25, 0.3) is 0 Å². The fourth-order valence-electron chi connectivity index (χ4n) is 1.21. The topological polar surface area (TPSA) is 46.2 Å². The van der Waals surface area contributed by atoms with E-state index in [1.807, 2.05) is 13.8 Å². The highest BCUT2D eigenvalue weighted by Gasteiger charge is 2.17. The molecule has 0 aromatic heterocycles. The molecule has 1 aromatic rings. The molecule has 0 aliphatic heterocycles. The maximum atomic E-state index is 13.5. The lowest BCUT2D eigenvalue weighted by atomic mass is 9.96. The molecule has 78 valence electrons. The summed E-state index contributed by atoms with van der Waals surface area (Å²) in [4.78, 5) is 0. The van der Waals surface area contributed by atoms with E-state index in [1.54, 1.807) is 6.07 Å². The molecule has 3 N–H and O–H groups in total. The number of hydrogen-bond acceptors (Lipinski definition) is 2. The highest BCUT2D eigenvalue weighted by molar-refractivity contribution is 9.10. The van der Waals surface area contributed by atoms with Gasteiger partial charge < -0.3 is 10.8 Å². The third-order valence-electron chi connectivity index (χ3n) is 1.79. The molecule has 0 spiro atoms. The molecule has 0 radical (unpaired) electrons. The van der Waals surface area contributed by atoms with Crippen LogP contribution in [0.15, 0.2) is 16.6 Å². The Labute approximate surface area is 91.1 Å². The standard InChI is InChI=1S/C10H13BrFNO/c1-10(2,13)5-6-3-4-7(14)8(11)9(6)12/h3-4,14H,5,13H2,1-2H3. The minimum Gasteiger partial charge on any atom is -0.507 e. The van der Waals surface area contributed by atoms with Gasteiger partial charge in [0.15, 0.2) is 0 Å². The van der Waals surface area contributed by atoms with Crippen LogP contribution in [0.5, 0.6) is 5.75 Å². The molecular formula is C10H13BrFNO. The number of hydrogen-bond donors (Lipinski definition) is 2. The maximum absolute atomic E-state index is 13.5. The number of nitrogens with two attached hydrogens (primary N) is 1. The van der Waals surface area contributed by atoms with Crippen LogP contribution in [0.4, 0.5) is 4.39 Å². The third kappa shape index (κ3) is 2.69. The molecule has 0 heterocycles. The number of aromatic hydroxyl groups is 1. The lowest BCUT2D eigenvalue weighted by Gasteiger charge is -2.19. The molecule has 0 saturated heterocycles. The summed E-state index contributed by atoms with van der Waals surface area (Å²) in [6.07, 6.45) is 0.428. The predicted molar refractivity (Wildman–Crippen MR) is 57.7 cm³/mol. The van der Waals surface area contributed by atoms with Gasteiger partial charge in [0, 0.05) is 5.54 Å².